The van der Waals surface area contributed by atoms with E-state index in [2.05, 4.69) is 15.3 Å². The van der Waals surface area contributed by atoms with Gasteiger partial charge in [-0.1, -0.05) is 30.0 Å². The van der Waals surface area contributed by atoms with Crippen molar-refractivity contribution in [1.82, 2.24) is 19.9 Å². The molecule has 0 saturated carbocycles. The van der Waals surface area contributed by atoms with E-state index in [4.69, 9.17) is 4.74 Å². The molecular formula is C21H22N4O3S. The molecule has 0 spiro atoms. The summed E-state index contributed by atoms with van der Waals surface area (Å²) in [4.78, 5) is 34.6. The Labute approximate surface area is 172 Å². The lowest BCUT2D eigenvalue weighted by molar-refractivity contribution is -0.119. The minimum Gasteiger partial charge on any atom is -0.381 e. The van der Waals surface area contributed by atoms with Crippen LogP contribution in [0.25, 0.3) is 16.7 Å². The topological polar surface area (TPSA) is 86.1 Å². The van der Waals surface area contributed by atoms with Gasteiger partial charge in [0, 0.05) is 25.5 Å². The Morgan fingerprint density at radius 1 is 1.24 bits per heavy atom. The van der Waals surface area contributed by atoms with Crippen molar-refractivity contribution in [2.75, 3.05) is 19.0 Å². The van der Waals surface area contributed by atoms with Crippen LogP contribution in [0, 0.1) is 6.92 Å². The molecule has 1 aliphatic rings. The molecule has 1 N–H and O–H groups in total. The zero-order chi connectivity index (χ0) is 20.2. The standard InChI is InChI=1S/C21H22N4O3S/c1-14-6-7-18(22-12-14)25-20(27)16-4-2-3-5-17(16)24-21(25)29-13-19(26)23-15-8-10-28-11-9-15/h2-7,12,15H,8-11,13H2,1H3,(H,23,26). The van der Waals surface area contributed by atoms with Crippen LogP contribution in [0.3, 0.4) is 0 Å². The number of ether oxygens (including phenoxy) is 1. The van der Waals surface area contributed by atoms with Crippen LogP contribution in [0.15, 0.2) is 52.5 Å². The van der Waals surface area contributed by atoms with Crippen LogP contribution >= 0.6 is 11.8 Å². The molecule has 2 aromatic heterocycles. The van der Waals surface area contributed by atoms with Crippen LogP contribution in [0.1, 0.15) is 18.4 Å². The number of amides is 1. The first-order valence-corrected chi connectivity index (χ1v) is 10.5. The van der Waals surface area contributed by atoms with Crippen molar-refractivity contribution in [2.45, 2.75) is 31.0 Å². The van der Waals surface area contributed by atoms with Crippen molar-refractivity contribution >= 4 is 28.6 Å². The number of fused-ring (bicyclic) bond motifs is 1. The first-order chi connectivity index (χ1) is 14.1. The van der Waals surface area contributed by atoms with Crippen molar-refractivity contribution in [3.8, 4) is 5.82 Å². The number of hydrogen-bond donors (Lipinski definition) is 1. The summed E-state index contributed by atoms with van der Waals surface area (Å²) in [6.45, 7) is 3.28. The predicted molar refractivity (Wildman–Crippen MR) is 113 cm³/mol. The molecule has 0 aliphatic carbocycles. The lowest BCUT2D eigenvalue weighted by Crippen LogP contribution is -2.39. The largest absolute Gasteiger partial charge is 0.381 e. The fourth-order valence-electron chi connectivity index (χ4n) is 3.24. The highest BCUT2D eigenvalue weighted by Gasteiger charge is 2.18. The maximum atomic E-state index is 13.2. The van der Waals surface area contributed by atoms with Gasteiger partial charge >= 0.3 is 0 Å². The Kier molecular flexibility index (Phi) is 5.92. The molecule has 1 aromatic carbocycles. The third kappa shape index (κ3) is 4.49. The number of thioether (sulfide) groups is 1. The Morgan fingerprint density at radius 3 is 2.79 bits per heavy atom. The van der Waals surface area contributed by atoms with Crippen LogP contribution in [-0.2, 0) is 9.53 Å². The quantitative estimate of drug-likeness (QED) is 0.514. The second-order valence-corrected chi connectivity index (χ2v) is 7.93. The summed E-state index contributed by atoms with van der Waals surface area (Å²) in [7, 11) is 0. The van der Waals surface area contributed by atoms with Gasteiger partial charge in [-0.25, -0.2) is 14.5 Å². The summed E-state index contributed by atoms with van der Waals surface area (Å²) < 4.78 is 6.81. The van der Waals surface area contributed by atoms with Gasteiger partial charge in [0.1, 0.15) is 5.82 Å². The molecule has 29 heavy (non-hydrogen) atoms. The summed E-state index contributed by atoms with van der Waals surface area (Å²) in [5.74, 6) is 0.590. The number of para-hydroxylation sites is 1. The van der Waals surface area contributed by atoms with Gasteiger partial charge in [0.05, 0.1) is 16.7 Å². The van der Waals surface area contributed by atoms with Gasteiger partial charge in [-0.15, -0.1) is 0 Å². The zero-order valence-electron chi connectivity index (χ0n) is 16.1. The summed E-state index contributed by atoms with van der Waals surface area (Å²) in [6.07, 6.45) is 3.36. The number of nitrogens with zero attached hydrogens (tertiary/aromatic N) is 3. The smallest absolute Gasteiger partial charge is 0.267 e. The van der Waals surface area contributed by atoms with E-state index in [1.54, 1.807) is 24.4 Å². The fourth-order valence-corrected chi connectivity index (χ4v) is 4.06. The molecule has 0 unspecified atom stereocenters. The number of carbonyl (C=O) groups excluding carboxylic acids is 1. The molecule has 0 bridgehead atoms. The van der Waals surface area contributed by atoms with Gasteiger partial charge in [0.25, 0.3) is 5.56 Å². The average molecular weight is 410 g/mol. The van der Waals surface area contributed by atoms with Crippen LogP contribution in [0.5, 0.6) is 0 Å². The van der Waals surface area contributed by atoms with E-state index in [0.717, 1.165) is 18.4 Å². The number of nitrogens with one attached hydrogen (secondary N) is 1. The Balaban J connectivity index is 1.63. The first-order valence-electron chi connectivity index (χ1n) is 9.56. The van der Waals surface area contributed by atoms with Gasteiger partial charge in [0.2, 0.25) is 5.91 Å². The lowest BCUT2D eigenvalue weighted by atomic mass is 10.1. The number of hydrogen-bond acceptors (Lipinski definition) is 6. The highest BCUT2D eigenvalue weighted by Crippen LogP contribution is 2.20. The van der Waals surface area contributed by atoms with Crippen molar-refractivity contribution in [2.24, 2.45) is 0 Å². The fraction of sp³-hybridized carbons (Fsp3) is 0.333. The molecule has 4 rings (SSSR count). The van der Waals surface area contributed by atoms with Crippen molar-refractivity contribution < 1.29 is 9.53 Å². The van der Waals surface area contributed by atoms with E-state index < -0.39 is 0 Å². The van der Waals surface area contributed by atoms with E-state index in [-0.39, 0.29) is 23.3 Å². The average Bonchev–Trinajstić information content (AvgIpc) is 2.74. The van der Waals surface area contributed by atoms with Crippen molar-refractivity contribution in [3.63, 3.8) is 0 Å². The molecule has 0 atom stereocenters. The molecule has 8 heteroatoms. The second-order valence-electron chi connectivity index (χ2n) is 6.99. The maximum absolute atomic E-state index is 13.2. The van der Waals surface area contributed by atoms with E-state index in [0.29, 0.717) is 35.1 Å². The third-order valence-corrected chi connectivity index (χ3v) is 5.73. The highest BCUT2D eigenvalue weighted by atomic mass is 32.2. The van der Waals surface area contributed by atoms with Crippen LogP contribution < -0.4 is 10.9 Å². The third-order valence-electron chi connectivity index (χ3n) is 4.79. The van der Waals surface area contributed by atoms with Gasteiger partial charge in [-0.3, -0.25) is 9.59 Å². The molecular weight excluding hydrogens is 388 g/mol. The van der Waals surface area contributed by atoms with Gasteiger partial charge < -0.3 is 10.1 Å². The molecule has 1 aliphatic heterocycles. The van der Waals surface area contributed by atoms with Crippen LogP contribution in [0.2, 0.25) is 0 Å². The normalized spacial score (nSPS) is 14.8. The molecule has 1 fully saturated rings. The molecule has 1 saturated heterocycles. The number of pyridine rings is 1. The van der Waals surface area contributed by atoms with E-state index in [1.165, 1.54) is 16.3 Å². The van der Waals surface area contributed by atoms with Gasteiger partial charge in [0.15, 0.2) is 5.16 Å². The van der Waals surface area contributed by atoms with Gasteiger partial charge in [-0.05, 0) is 43.5 Å². The van der Waals surface area contributed by atoms with E-state index >= 15 is 0 Å². The van der Waals surface area contributed by atoms with Crippen LogP contribution in [0.4, 0.5) is 0 Å². The Morgan fingerprint density at radius 2 is 2.03 bits per heavy atom. The minimum atomic E-state index is -0.195. The number of aryl methyl sites for hydroxylation is 1. The molecule has 3 heterocycles. The molecule has 1 amide bonds. The number of aromatic nitrogens is 3. The number of rotatable bonds is 5. The molecule has 7 nitrogen and oxygen atoms in total. The summed E-state index contributed by atoms with van der Waals surface area (Å²) >= 11 is 1.24. The van der Waals surface area contributed by atoms with Crippen molar-refractivity contribution in [1.29, 1.82) is 0 Å². The summed E-state index contributed by atoms with van der Waals surface area (Å²) in [6, 6.07) is 11.0. The first kappa shape index (κ1) is 19.6. The predicted octanol–water partition coefficient (Wildman–Crippen LogP) is 2.48. The molecule has 150 valence electrons. The van der Waals surface area contributed by atoms with Gasteiger partial charge in [-0.2, -0.15) is 0 Å². The van der Waals surface area contributed by atoms with Crippen molar-refractivity contribution in [3.05, 3.63) is 58.5 Å². The summed E-state index contributed by atoms with van der Waals surface area (Å²) in [5.41, 5.74) is 1.41. The van der Waals surface area contributed by atoms with Crippen LogP contribution in [-0.4, -0.2) is 45.5 Å². The number of benzene rings is 1. The second kappa shape index (κ2) is 8.75. The van der Waals surface area contributed by atoms with E-state index in [1.807, 2.05) is 25.1 Å². The Bertz CT molecular complexity index is 1080. The molecule has 3 aromatic rings. The lowest BCUT2D eigenvalue weighted by Gasteiger charge is -2.23. The highest BCUT2D eigenvalue weighted by molar-refractivity contribution is 7.99. The molecule has 0 radical (unpaired) electrons. The SMILES string of the molecule is Cc1ccc(-n2c(SCC(=O)NC3CCOCC3)nc3ccccc3c2=O)nc1. The Hall–Kier alpha value is -2.71. The minimum absolute atomic E-state index is 0.0762. The van der Waals surface area contributed by atoms with E-state index in [9.17, 15) is 9.59 Å². The number of carbonyl (C=O) groups is 1. The monoisotopic (exact) mass is 410 g/mol. The maximum Gasteiger partial charge on any atom is 0.267 e. The zero-order valence-corrected chi connectivity index (χ0v) is 16.9. The summed E-state index contributed by atoms with van der Waals surface area (Å²) in [5, 5.41) is 4.01.